The van der Waals surface area contributed by atoms with Crippen molar-refractivity contribution in [1.82, 2.24) is 0 Å². The highest BCUT2D eigenvalue weighted by Gasteiger charge is 2.11. The maximum atomic E-state index is 11.7. The van der Waals surface area contributed by atoms with E-state index >= 15 is 0 Å². The van der Waals surface area contributed by atoms with Crippen LogP contribution in [-0.4, -0.2) is 23.6 Å². The van der Waals surface area contributed by atoms with Crippen molar-refractivity contribution >= 4 is 17.6 Å². The second-order valence-corrected chi connectivity index (χ2v) is 4.00. The number of nitrogens with one attached hydrogen (secondary N) is 1. The zero-order valence-electron chi connectivity index (χ0n) is 10.6. The minimum Gasteiger partial charge on any atom is -0.483 e. The molecule has 0 radical (unpaired) electrons. The van der Waals surface area contributed by atoms with Crippen LogP contribution in [0, 0.1) is 0 Å². The van der Waals surface area contributed by atoms with Crippen LogP contribution in [0.1, 0.15) is 10.4 Å². The molecular formula is C15H13NO4. The lowest BCUT2D eigenvalue weighted by Gasteiger charge is -2.09. The van der Waals surface area contributed by atoms with Gasteiger partial charge in [-0.15, -0.1) is 0 Å². The molecule has 0 fully saturated rings. The summed E-state index contributed by atoms with van der Waals surface area (Å²) in [6, 6.07) is 15.1. The summed E-state index contributed by atoms with van der Waals surface area (Å²) in [5.41, 5.74) is 0.688. The molecule has 0 heterocycles. The summed E-state index contributed by atoms with van der Waals surface area (Å²) in [6.45, 7) is -0.251. The fraction of sp³-hybridized carbons (Fsp3) is 0.0667. The van der Waals surface area contributed by atoms with Gasteiger partial charge in [0.1, 0.15) is 11.3 Å². The van der Waals surface area contributed by atoms with E-state index in [9.17, 15) is 9.59 Å². The van der Waals surface area contributed by atoms with E-state index in [-0.39, 0.29) is 23.8 Å². The molecule has 2 aromatic carbocycles. The summed E-state index contributed by atoms with van der Waals surface area (Å²) in [5, 5.41) is 11.6. The first-order valence-corrected chi connectivity index (χ1v) is 5.97. The van der Waals surface area contributed by atoms with Crippen molar-refractivity contribution in [3.05, 3.63) is 60.2 Å². The molecule has 0 spiro atoms. The molecule has 20 heavy (non-hydrogen) atoms. The first-order valence-electron chi connectivity index (χ1n) is 5.97. The van der Waals surface area contributed by atoms with Gasteiger partial charge in [0, 0.05) is 5.69 Å². The van der Waals surface area contributed by atoms with Crippen LogP contribution in [0.2, 0.25) is 0 Å². The predicted molar refractivity (Wildman–Crippen MR) is 74.0 cm³/mol. The molecule has 0 aliphatic carbocycles. The molecule has 0 aliphatic rings. The van der Waals surface area contributed by atoms with Crippen molar-refractivity contribution < 1.29 is 19.4 Å². The summed E-state index contributed by atoms with van der Waals surface area (Å²) in [5.74, 6) is -1.27. The predicted octanol–water partition coefficient (Wildman–Crippen LogP) is 2.40. The maximum Gasteiger partial charge on any atom is 0.339 e. The summed E-state index contributed by atoms with van der Waals surface area (Å²) >= 11 is 0. The van der Waals surface area contributed by atoms with Crippen LogP contribution in [0.4, 0.5) is 5.69 Å². The number of anilines is 1. The molecule has 2 aromatic rings. The summed E-state index contributed by atoms with van der Waals surface area (Å²) in [6.07, 6.45) is 0. The highest BCUT2D eigenvalue weighted by molar-refractivity contribution is 5.93. The minimum atomic E-state index is -1.09. The lowest BCUT2D eigenvalue weighted by molar-refractivity contribution is -0.118. The molecular weight excluding hydrogens is 258 g/mol. The van der Waals surface area contributed by atoms with Crippen molar-refractivity contribution in [2.24, 2.45) is 0 Å². The van der Waals surface area contributed by atoms with Gasteiger partial charge in [-0.1, -0.05) is 30.3 Å². The molecule has 0 unspecified atom stereocenters. The Hall–Kier alpha value is -2.82. The highest BCUT2D eigenvalue weighted by Crippen LogP contribution is 2.17. The van der Waals surface area contributed by atoms with Gasteiger partial charge in [-0.05, 0) is 24.3 Å². The number of amides is 1. The van der Waals surface area contributed by atoms with E-state index in [0.717, 1.165) is 0 Å². The molecule has 0 bridgehead atoms. The molecule has 102 valence electrons. The fourth-order valence-electron chi connectivity index (χ4n) is 1.63. The second-order valence-electron chi connectivity index (χ2n) is 4.00. The monoisotopic (exact) mass is 271 g/mol. The summed E-state index contributed by atoms with van der Waals surface area (Å²) < 4.78 is 5.24. The van der Waals surface area contributed by atoms with E-state index < -0.39 is 5.97 Å². The summed E-state index contributed by atoms with van der Waals surface area (Å²) in [4.78, 5) is 22.7. The fourth-order valence-corrected chi connectivity index (χ4v) is 1.63. The number of hydrogen-bond acceptors (Lipinski definition) is 3. The third-order valence-corrected chi connectivity index (χ3v) is 2.53. The number of carbonyl (C=O) groups excluding carboxylic acids is 1. The Labute approximate surface area is 115 Å². The first kappa shape index (κ1) is 13.6. The quantitative estimate of drug-likeness (QED) is 0.875. The third-order valence-electron chi connectivity index (χ3n) is 2.53. The number of ether oxygens (including phenoxy) is 1. The topological polar surface area (TPSA) is 75.6 Å². The van der Waals surface area contributed by atoms with E-state index in [4.69, 9.17) is 9.84 Å². The van der Waals surface area contributed by atoms with Gasteiger partial charge in [-0.25, -0.2) is 4.79 Å². The molecule has 2 N–H and O–H groups in total. The molecule has 5 nitrogen and oxygen atoms in total. The summed E-state index contributed by atoms with van der Waals surface area (Å²) in [7, 11) is 0. The number of rotatable bonds is 5. The van der Waals surface area contributed by atoms with Gasteiger partial charge >= 0.3 is 5.97 Å². The average Bonchev–Trinajstić information content (AvgIpc) is 2.46. The van der Waals surface area contributed by atoms with Crippen molar-refractivity contribution in [1.29, 1.82) is 0 Å². The van der Waals surface area contributed by atoms with Gasteiger partial charge in [0.15, 0.2) is 6.61 Å². The van der Waals surface area contributed by atoms with Crippen molar-refractivity contribution in [3.63, 3.8) is 0 Å². The molecule has 1 amide bonds. The van der Waals surface area contributed by atoms with Crippen LogP contribution < -0.4 is 10.1 Å². The van der Waals surface area contributed by atoms with Crippen LogP contribution in [-0.2, 0) is 4.79 Å². The van der Waals surface area contributed by atoms with Gasteiger partial charge in [-0.3, -0.25) is 4.79 Å². The molecule has 0 atom stereocenters. The third kappa shape index (κ3) is 3.58. The van der Waals surface area contributed by atoms with E-state index in [0.29, 0.717) is 5.69 Å². The Kier molecular flexibility index (Phi) is 4.34. The van der Waals surface area contributed by atoms with Crippen LogP contribution in [0.5, 0.6) is 5.75 Å². The number of carbonyl (C=O) groups is 2. The minimum absolute atomic E-state index is 0.0278. The highest BCUT2D eigenvalue weighted by atomic mass is 16.5. The Balaban J connectivity index is 1.96. The van der Waals surface area contributed by atoms with Crippen molar-refractivity contribution in [2.75, 3.05) is 11.9 Å². The Morgan fingerprint density at radius 3 is 2.35 bits per heavy atom. The number of aromatic carboxylic acids is 1. The van der Waals surface area contributed by atoms with Gasteiger partial charge in [-0.2, -0.15) is 0 Å². The molecule has 5 heteroatoms. The molecule has 0 aromatic heterocycles. The van der Waals surface area contributed by atoms with Crippen molar-refractivity contribution in [3.8, 4) is 5.75 Å². The Bertz CT molecular complexity index is 610. The number of carboxylic acid groups (broad SMARTS) is 1. The normalized spacial score (nSPS) is 9.80. The number of hydrogen-bond donors (Lipinski definition) is 2. The van der Waals surface area contributed by atoms with Gasteiger partial charge < -0.3 is 15.2 Å². The zero-order valence-corrected chi connectivity index (χ0v) is 10.6. The Morgan fingerprint density at radius 2 is 1.65 bits per heavy atom. The van der Waals surface area contributed by atoms with E-state index in [1.807, 2.05) is 6.07 Å². The van der Waals surface area contributed by atoms with E-state index in [2.05, 4.69) is 5.32 Å². The molecule has 0 saturated carbocycles. The van der Waals surface area contributed by atoms with Crippen LogP contribution >= 0.6 is 0 Å². The zero-order chi connectivity index (χ0) is 14.4. The van der Waals surface area contributed by atoms with E-state index in [1.54, 1.807) is 36.4 Å². The molecule has 0 saturated heterocycles. The lowest BCUT2D eigenvalue weighted by Crippen LogP contribution is -2.20. The lowest BCUT2D eigenvalue weighted by atomic mass is 10.2. The number of carboxylic acids is 1. The Morgan fingerprint density at radius 1 is 1.00 bits per heavy atom. The number of para-hydroxylation sites is 2. The van der Waals surface area contributed by atoms with Crippen LogP contribution in [0.15, 0.2) is 54.6 Å². The van der Waals surface area contributed by atoms with Gasteiger partial charge in [0.25, 0.3) is 5.91 Å². The largest absolute Gasteiger partial charge is 0.483 e. The van der Waals surface area contributed by atoms with Crippen molar-refractivity contribution in [2.45, 2.75) is 0 Å². The van der Waals surface area contributed by atoms with E-state index in [1.165, 1.54) is 12.1 Å². The second kappa shape index (κ2) is 6.38. The van der Waals surface area contributed by atoms with Crippen LogP contribution in [0.25, 0.3) is 0 Å². The maximum absolute atomic E-state index is 11.7. The SMILES string of the molecule is O=C(COc1ccccc1C(=O)O)Nc1ccccc1. The standard InChI is InChI=1S/C15H13NO4/c17-14(16-11-6-2-1-3-7-11)10-20-13-9-5-4-8-12(13)15(18)19/h1-9H,10H2,(H,16,17)(H,18,19). The van der Waals surface area contributed by atoms with Crippen LogP contribution in [0.3, 0.4) is 0 Å². The average molecular weight is 271 g/mol. The van der Waals surface area contributed by atoms with Gasteiger partial charge in [0.2, 0.25) is 0 Å². The molecule has 2 rings (SSSR count). The smallest absolute Gasteiger partial charge is 0.339 e. The molecule has 0 aliphatic heterocycles. The van der Waals surface area contributed by atoms with Gasteiger partial charge in [0.05, 0.1) is 0 Å². The number of benzene rings is 2. The first-order chi connectivity index (χ1) is 9.66.